The van der Waals surface area contributed by atoms with Gasteiger partial charge in [-0.25, -0.2) is 13.4 Å². The summed E-state index contributed by atoms with van der Waals surface area (Å²) < 4.78 is 35.3. The number of likely N-dealkylation sites (N-methyl/N-ethyl adjacent to an activating group) is 1. The van der Waals surface area contributed by atoms with E-state index in [9.17, 15) is 23.1 Å². The zero-order chi connectivity index (χ0) is 26.7. The number of likely N-dealkylation sites (tertiary alicyclic amines) is 1. The zero-order valence-corrected chi connectivity index (χ0v) is 21.4. The van der Waals surface area contributed by atoms with Gasteiger partial charge in [0, 0.05) is 50.1 Å². The van der Waals surface area contributed by atoms with Crippen molar-refractivity contribution in [3.63, 3.8) is 0 Å². The Labute approximate surface area is 214 Å². The van der Waals surface area contributed by atoms with E-state index in [1.54, 1.807) is 49.2 Å². The number of benzene rings is 1. The number of hydrogen-bond donors (Lipinski definition) is 3. The molecule has 4 rings (SSSR count). The monoisotopic (exact) mass is 528 g/mol. The van der Waals surface area contributed by atoms with E-state index in [-0.39, 0.29) is 23.4 Å². The summed E-state index contributed by atoms with van der Waals surface area (Å²) >= 11 is 0. The Bertz CT molecular complexity index is 1400. The summed E-state index contributed by atoms with van der Waals surface area (Å²) in [5.74, 6) is 0.557. The standard InChI is InChI=1S/C25H28N4O7S/c1-15(30)13-27-24(31)21-6-5-20(28-21)16-10-18(35-17-4-7-23(26-14-17)37(3,33)34)12-19(11-16)36-22-8-9-29(2)25(22)32/h4-7,10-12,14-15,22,28,30H,8-9,13H2,1-3H3,(H,27,31)/t15-,22?/m1/s1. The van der Waals surface area contributed by atoms with Crippen LogP contribution in [-0.4, -0.2) is 78.8 Å². The molecule has 3 aromatic rings. The molecule has 1 unspecified atom stereocenters. The molecule has 0 aliphatic carbocycles. The third-order valence-electron chi connectivity index (χ3n) is 5.66. The molecule has 0 bridgehead atoms. The van der Waals surface area contributed by atoms with Crippen molar-refractivity contribution in [3.05, 3.63) is 54.4 Å². The summed E-state index contributed by atoms with van der Waals surface area (Å²) in [5.41, 5.74) is 1.53. The zero-order valence-electron chi connectivity index (χ0n) is 20.6. The summed E-state index contributed by atoms with van der Waals surface area (Å²) in [6.07, 6.45) is 1.61. The first-order chi connectivity index (χ1) is 17.5. The second-order valence-electron chi connectivity index (χ2n) is 8.90. The van der Waals surface area contributed by atoms with Crippen molar-refractivity contribution in [1.29, 1.82) is 0 Å². The number of H-pyrrole nitrogens is 1. The summed E-state index contributed by atoms with van der Waals surface area (Å²) in [7, 11) is -1.74. The summed E-state index contributed by atoms with van der Waals surface area (Å²) in [6, 6.07) is 11.2. The molecule has 3 N–H and O–H groups in total. The van der Waals surface area contributed by atoms with Crippen LogP contribution in [0.5, 0.6) is 17.2 Å². The molecule has 2 atom stereocenters. The fraction of sp³-hybridized carbons (Fsp3) is 0.320. The van der Waals surface area contributed by atoms with Crippen molar-refractivity contribution >= 4 is 21.7 Å². The number of carbonyl (C=O) groups excluding carboxylic acids is 2. The topological polar surface area (TPSA) is 151 Å². The summed E-state index contributed by atoms with van der Waals surface area (Å²) in [4.78, 5) is 33.3. The Morgan fingerprint density at radius 1 is 1.22 bits per heavy atom. The molecule has 2 aromatic heterocycles. The third kappa shape index (κ3) is 6.46. The first-order valence-electron chi connectivity index (χ1n) is 11.6. The van der Waals surface area contributed by atoms with Crippen LogP contribution >= 0.6 is 0 Å². The predicted molar refractivity (Wildman–Crippen MR) is 134 cm³/mol. The van der Waals surface area contributed by atoms with Crippen LogP contribution in [0, 0.1) is 0 Å². The Morgan fingerprint density at radius 3 is 2.59 bits per heavy atom. The Kier molecular flexibility index (Phi) is 7.50. The minimum Gasteiger partial charge on any atom is -0.480 e. The lowest BCUT2D eigenvalue weighted by atomic mass is 10.1. The fourth-order valence-corrected chi connectivity index (χ4v) is 4.29. The van der Waals surface area contributed by atoms with Crippen molar-refractivity contribution < 1.29 is 32.6 Å². The molecule has 1 aromatic carbocycles. The van der Waals surface area contributed by atoms with Gasteiger partial charge in [-0.05, 0) is 43.3 Å². The first kappa shape index (κ1) is 26.2. The van der Waals surface area contributed by atoms with E-state index in [0.29, 0.717) is 47.2 Å². The third-order valence-corrected chi connectivity index (χ3v) is 6.66. The van der Waals surface area contributed by atoms with Gasteiger partial charge in [-0.2, -0.15) is 0 Å². The van der Waals surface area contributed by atoms with Gasteiger partial charge in [0.2, 0.25) is 0 Å². The lowest BCUT2D eigenvalue weighted by Crippen LogP contribution is -2.30. The van der Waals surface area contributed by atoms with E-state index >= 15 is 0 Å². The van der Waals surface area contributed by atoms with Crippen molar-refractivity contribution in [2.75, 3.05) is 26.4 Å². The molecule has 1 fully saturated rings. The van der Waals surface area contributed by atoms with Gasteiger partial charge in [0.05, 0.1) is 12.3 Å². The number of pyridine rings is 1. The van der Waals surface area contributed by atoms with Crippen LogP contribution in [0.3, 0.4) is 0 Å². The van der Waals surface area contributed by atoms with E-state index < -0.39 is 22.0 Å². The van der Waals surface area contributed by atoms with Crippen molar-refractivity contribution in [2.45, 2.75) is 30.6 Å². The van der Waals surface area contributed by atoms with Gasteiger partial charge in [0.1, 0.15) is 22.9 Å². The van der Waals surface area contributed by atoms with Crippen molar-refractivity contribution in [2.24, 2.45) is 0 Å². The summed E-state index contributed by atoms with van der Waals surface area (Å²) in [6.45, 7) is 2.28. The molecule has 1 aliphatic rings. The number of aromatic amines is 1. The second-order valence-corrected chi connectivity index (χ2v) is 10.9. The maximum absolute atomic E-state index is 12.4. The minimum atomic E-state index is -3.45. The van der Waals surface area contributed by atoms with E-state index in [1.165, 1.54) is 18.3 Å². The molecule has 11 nitrogen and oxygen atoms in total. The molecule has 0 saturated carbocycles. The highest BCUT2D eigenvalue weighted by Crippen LogP contribution is 2.33. The number of aromatic nitrogens is 2. The highest BCUT2D eigenvalue weighted by Gasteiger charge is 2.31. The van der Waals surface area contributed by atoms with Gasteiger partial charge in [-0.3, -0.25) is 9.59 Å². The van der Waals surface area contributed by atoms with Gasteiger partial charge >= 0.3 is 0 Å². The number of ether oxygens (including phenoxy) is 2. The highest BCUT2D eigenvalue weighted by molar-refractivity contribution is 7.90. The minimum absolute atomic E-state index is 0.0747. The van der Waals surface area contributed by atoms with Gasteiger partial charge in [-0.1, -0.05) is 0 Å². The molecule has 37 heavy (non-hydrogen) atoms. The van der Waals surface area contributed by atoms with Gasteiger partial charge in [-0.15, -0.1) is 0 Å². The molecule has 3 heterocycles. The van der Waals surface area contributed by atoms with Gasteiger partial charge < -0.3 is 29.8 Å². The van der Waals surface area contributed by atoms with Crippen LogP contribution in [0.2, 0.25) is 0 Å². The molecule has 12 heteroatoms. The average molecular weight is 529 g/mol. The lowest BCUT2D eigenvalue weighted by molar-refractivity contribution is -0.132. The number of aliphatic hydroxyl groups is 1. The molecule has 0 spiro atoms. The maximum atomic E-state index is 12.4. The fourth-order valence-electron chi connectivity index (χ4n) is 3.73. The lowest BCUT2D eigenvalue weighted by Gasteiger charge is -2.15. The largest absolute Gasteiger partial charge is 0.480 e. The Morgan fingerprint density at radius 2 is 1.97 bits per heavy atom. The van der Waals surface area contributed by atoms with Gasteiger partial charge in [0.15, 0.2) is 21.0 Å². The number of sulfone groups is 1. The molecule has 0 radical (unpaired) electrons. The number of amides is 2. The maximum Gasteiger partial charge on any atom is 0.267 e. The smallest absolute Gasteiger partial charge is 0.267 e. The quantitative estimate of drug-likeness (QED) is 0.382. The number of nitrogens with zero attached hydrogens (tertiary/aromatic N) is 2. The van der Waals surface area contributed by atoms with E-state index in [0.717, 1.165) is 6.26 Å². The predicted octanol–water partition coefficient (Wildman–Crippen LogP) is 1.99. The second kappa shape index (κ2) is 10.6. The van der Waals surface area contributed by atoms with Crippen LogP contribution in [0.1, 0.15) is 23.8 Å². The Hall–Kier alpha value is -3.90. The van der Waals surface area contributed by atoms with Crippen LogP contribution in [0.25, 0.3) is 11.3 Å². The highest BCUT2D eigenvalue weighted by atomic mass is 32.2. The number of rotatable bonds is 9. The molecular weight excluding hydrogens is 500 g/mol. The van der Waals surface area contributed by atoms with Crippen LogP contribution in [0.4, 0.5) is 0 Å². The number of carbonyl (C=O) groups is 2. The van der Waals surface area contributed by atoms with Crippen LogP contribution < -0.4 is 14.8 Å². The average Bonchev–Trinajstić information content (AvgIpc) is 3.45. The molecule has 196 valence electrons. The first-order valence-corrected chi connectivity index (χ1v) is 13.4. The van der Waals surface area contributed by atoms with E-state index in [2.05, 4.69) is 15.3 Å². The van der Waals surface area contributed by atoms with E-state index in [1.807, 2.05) is 0 Å². The molecule has 1 aliphatic heterocycles. The Balaban J connectivity index is 1.63. The van der Waals surface area contributed by atoms with Crippen LogP contribution in [0.15, 0.2) is 53.7 Å². The van der Waals surface area contributed by atoms with Crippen molar-refractivity contribution in [3.8, 4) is 28.5 Å². The summed E-state index contributed by atoms with van der Waals surface area (Å²) in [5, 5.41) is 12.0. The molecular formula is C25H28N4O7S. The van der Waals surface area contributed by atoms with Crippen molar-refractivity contribution in [1.82, 2.24) is 20.2 Å². The molecule has 1 saturated heterocycles. The van der Waals surface area contributed by atoms with Gasteiger partial charge in [0.25, 0.3) is 11.8 Å². The SMILES string of the molecule is C[C@@H](O)CNC(=O)c1ccc(-c2cc(Oc3ccc(S(C)(=O)=O)nc3)cc(OC3CCN(C)C3=O)c2)[nH]1. The normalized spacial score (nSPS) is 16.5. The van der Waals surface area contributed by atoms with E-state index in [4.69, 9.17) is 9.47 Å². The number of nitrogens with one attached hydrogen (secondary N) is 2. The number of hydrogen-bond acceptors (Lipinski definition) is 8. The van der Waals surface area contributed by atoms with Crippen LogP contribution in [-0.2, 0) is 14.6 Å². The molecule has 2 amide bonds. The number of aliphatic hydroxyl groups excluding tert-OH is 1.